The molecule has 0 unspecified atom stereocenters. The van der Waals surface area contributed by atoms with E-state index in [-0.39, 0.29) is 42.7 Å². The van der Waals surface area contributed by atoms with Crippen molar-refractivity contribution in [2.75, 3.05) is 50.1 Å². The molecule has 2 aliphatic heterocycles. The minimum Gasteiger partial charge on any atom is -0.477 e. The predicted molar refractivity (Wildman–Crippen MR) is 142 cm³/mol. The van der Waals surface area contributed by atoms with E-state index in [0.717, 1.165) is 30.8 Å². The Kier molecular flexibility index (Phi) is 9.45. The lowest BCUT2D eigenvalue weighted by Crippen LogP contribution is -2.60. The first-order chi connectivity index (χ1) is 19.2. The van der Waals surface area contributed by atoms with Gasteiger partial charge in [0, 0.05) is 44.9 Å². The molecule has 2 fully saturated rings. The van der Waals surface area contributed by atoms with Gasteiger partial charge >= 0.3 is 12.1 Å². The highest BCUT2D eigenvalue weighted by Gasteiger charge is 2.48. The highest BCUT2D eigenvalue weighted by molar-refractivity contribution is 5.88. The number of carbonyl (C=O) groups is 2. The van der Waals surface area contributed by atoms with Crippen molar-refractivity contribution >= 4 is 23.9 Å². The fourth-order valence-electron chi connectivity index (χ4n) is 4.73. The first-order valence-electron chi connectivity index (χ1n) is 13.3. The molecule has 13 nitrogen and oxygen atoms in total. The SMILES string of the molecule is CCOc1cnc(NC(=O)N(C)[C@H]2CN(c3nccc(OC(=O)N[C@@H](C)C4CCNCC4)n3)CCC2(F)F)cn1. The number of ether oxygens (including phenoxy) is 2. The normalized spacial score (nSPS) is 19.8. The number of amides is 3. The average molecular weight is 564 g/mol. The van der Waals surface area contributed by atoms with Crippen molar-refractivity contribution in [3.05, 3.63) is 24.7 Å². The maximum Gasteiger partial charge on any atom is 0.414 e. The number of halogens is 2. The number of anilines is 2. The molecule has 0 radical (unpaired) electrons. The zero-order chi connectivity index (χ0) is 28.7. The van der Waals surface area contributed by atoms with Gasteiger partial charge in [-0.15, -0.1) is 0 Å². The molecule has 2 atom stereocenters. The fourth-order valence-corrected chi connectivity index (χ4v) is 4.73. The van der Waals surface area contributed by atoms with E-state index < -0.39 is 30.5 Å². The number of hydrogen-bond acceptors (Lipinski definition) is 10. The van der Waals surface area contributed by atoms with Crippen LogP contribution in [0.5, 0.6) is 11.8 Å². The molecule has 218 valence electrons. The minimum atomic E-state index is -3.16. The van der Waals surface area contributed by atoms with Crippen LogP contribution in [0.25, 0.3) is 0 Å². The smallest absolute Gasteiger partial charge is 0.414 e. The van der Waals surface area contributed by atoms with Crippen LogP contribution in [0, 0.1) is 5.92 Å². The Balaban J connectivity index is 1.37. The number of urea groups is 1. The Morgan fingerprint density at radius 1 is 1.23 bits per heavy atom. The van der Waals surface area contributed by atoms with Gasteiger partial charge in [0.2, 0.25) is 17.7 Å². The molecule has 0 spiro atoms. The number of carbonyl (C=O) groups excluding carboxylic acids is 2. The molecule has 4 rings (SSSR count). The van der Waals surface area contributed by atoms with Gasteiger partial charge in [-0.1, -0.05) is 0 Å². The summed E-state index contributed by atoms with van der Waals surface area (Å²) in [5.41, 5.74) is 0. The molecule has 3 amide bonds. The molecule has 0 aliphatic carbocycles. The van der Waals surface area contributed by atoms with Crippen molar-refractivity contribution in [1.29, 1.82) is 0 Å². The molecule has 2 aliphatic rings. The maximum atomic E-state index is 15.0. The van der Waals surface area contributed by atoms with Crippen LogP contribution >= 0.6 is 0 Å². The van der Waals surface area contributed by atoms with Gasteiger partial charge in [0.25, 0.3) is 5.92 Å². The summed E-state index contributed by atoms with van der Waals surface area (Å²) in [6.45, 7) is 5.65. The van der Waals surface area contributed by atoms with Gasteiger partial charge in [0.15, 0.2) is 5.82 Å². The lowest BCUT2D eigenvalue weighted by atomic mass is 9.91. The Hall–Kier alpha value is -3.88. The summed E-state index contributed by atoms with van der Waals surface area (Å²) in [6, 6.07) is -0.913. The second-order valence-electron chi connectivity index (χ2n) is 9.79. The number of nitrogens with one attached hydrogen (secondary N) is 3. The van der Waals surface area contributed by atoms with E-state index in [1.165, 1.54) is 36.6 Å². The number of piperidine rings is 2. The van der Waals surface area contributed by atoms with E-state index >= 15 is 0 Å². The van der Waals surface area contributed by atoms with Gasteiger partial charge in [0.05, 0.1) is 19.0 Å². The number of likely N-dealkylation sites (N-methyl/N-ethyl adjacent to an activating group) is 1. The molecule has 2 aromatic rings. The van der Waals surface area contributed by atoms with Gasteiger partial charge in [-0.2, -0.15) is 4.98 Å². The van der Waals surface area contributed by atoms with Crippen molar-refractivity contribution in [3.8, 4) is 11.8 Å². The van der Waals surface area contributed by atoms with E-state index in [1.54, 1.807) is 6.92 Å². The molecule has 4 heterocycles. The van der Waals surface area contributed by atoms with Gasteiger partial charge in [-0.3, -0.25) is 5.32 Å². The van der Waals surface area contributed by atoms with E-state index in [2.05, 4.69) is 35.9 Å². The Morgan fingerprint density at radius 2 is 2.00 bits per heavy atom. The molecule has 0 saturated carbocycles. The van der Waals surface area contributed by atoms with Crippen molar-refractivity contribution < 1.29 is 27.8 Å². The second-order valence-corrected chi connectivity index (χ2v) is 9.79. The number of rotatable bonds is 8. The van der Waals surface area contributed by atoms with Crippen LogP contribution in [0.2, 0.25) is 0 Å². The van der Waals surface area contributed by atoms with Crippen LogP contribution in [0.3, 0.4) is 0 Å². The lowest BCUT2D eigenvalue weighted by molar-refractivity contribution is -0.0760. The average Bonchev–Trinajstić information content (AvgIpc) is 2.94. The second kappa shape index (κ2) is 13.0. The summed E-state index contributed by atoms with van der Waals surface area (Å²) in [7, 11) is 1.29. The van der Waals surface area contributed by atoms with Crippen molar-refractivity contribution in [2.24, 2.45) is 5.92 Å². The third-order valence-electron chi connectivity index (χ3n) is 7.07. The minimum absolute atomic E-state index is 0.00549. The lowest BCUT2D eigenvalue weighted by Gasteiger charge is -2.42. The van der Waals surface area contributed by atoms with Crippen LogP contribution in [0.15, 0.2) is 24.7 Å². The third-order valence-corrected chi connectivity index (χ3v) is 7.07. The fraction of sp³-hybridized carbons (Fsp3) is 0.600. The maximum absolute atomic E-state index is 15.0. The number of alkyl halides is 2. The van der Waals surface area contributed by atoms with E-state index in [0.29, 0.717) is 12.5 Å². The Bertz CT molecular complexity index is 1150. The molecular formula is C25H35F2N9O4. The number of hydrogen-bond donors (Lipinski definition) is 3. The van der Waals surface area contributed by atoms with Crippen molar-refractivity contribution in [1.82, 2.24) is 35.5 Å². The Morgan fingerprint density at radius 3 is 2.70 bits per heavy atom. The van der Waals surface area contributed by atoms with Gasteiger partial charge < -0.3 is 29.9 Å². The third kappa shape index (κ3) is 7.40. The van der Waals surface area contributed by atoms with Crippen molar-refractivity contribution in [3.63, 3.8) is 0 Å². The van der Waals surface area contributed by atoms with E-state index in [1.807, 2.05) is 6.92 Å². The van der Waals surface area contributed by atoms with Gasteiger partial charge in [-0.25, -0.2) is 33.3 Å². The van der Waals surface area contributed by atoms with Crippen LogP contribution < -0.4 is 30.3 Å². The zero-order valence-electron chi connectivity index (χ0n) is 22.8. The molecule has 0 bridgehead atoms. The highest BCUT2D eigenvalue weighted by Crippen LogP contribution is 2.33. The topological polar surface area (TPSA) is 147 Å². The van der Waals surface area contributed by atoms with E-state index in [4.69, 9.17) is 9.47 Å². The summed E-state index contributed by atoms with van der Waals surface area (Å²) in [5, 5.41) is 8.61. The molecular weight excluding hydrogens is 528 g/mol. The largest absolute Gasteiger partial charge is 0.477 e. The van der Waals surface area contributed by atoms with Crippen LogP contribution in [0.4, 0.5) is 30.1 Å². The van der Waals surface area contributed by atoms with Gasteiger partial charge in [-0.05, 0) is 45.7 Å². The molecule has 15 heteroatoms. The molecule has 2 aromatic heterocycles. The molecule has 2 saturated heterocycles. The van der Waals surface area contributed by atoms with Crippen LogP contribution in [-0.4, -0.2) is 94.8 Å². The first kappa shape index (κ1) is 29.1. The predicted octanol–water partition coefficient (Wildman–Crippen LogP) is 2.52. The van der Waals surface area contributed by atoms with Gasteiger partial charge in [0.1, 0.15) is 6.04 Å². The summed E-state index contributed by atoms with van der Waals surface area (Å²) in [4.78, 5) is 44.2. The Labute approximate surface area is 231 Å². The zero-order valence-corrected chi connectivity index (χ0v) is 22.8. The number of nitrogens with zero attached hydrogens (tertiary/aromatic N) is 6. The van der Waals surface area contributed by atoms with Crippen molar-refractivity contribution in [2.45, 2.75) is 51.1 Å². The summed E-state index contributed by atoms with van der Waals surface area (Å²) in [6.07, 6.45) is 4.75. The highest BCUT2D eigenvalue weighted by atomic mass is 19.3. The quantitative estimate of drug-likeness (QED) is 0.438. The first-order valence-corrected chi connectivity index (χ1v) is 13.3. The standard InChI is InChI=1S/C25H35F2N9O4/c1-4-39-21-14-30-19(13-31-21)33-23(37)35(3)18-15-36(12-8-25(18,26)27)22-29-11-7-20(34-22)40-24(38)32-16(2)17-5-9-28-10-6-17/h7,11,13-14,16-18,28H,4-6,8-10,12,15H2,1-3H3,(H,32,38)(H,30,33,37)/t16-,18-/m0/s1. The summed E-state index contributed by atoms with van der Waals surface area (Å²) in [5.74, 6) is -2.33. The molecule has 0 aromatic carbocycles. The molecule has 40 heavy (non-hydrogen) atoms. The summed E-state index contributed by atoms with van der Waals surface area (Å²) < 4.78 is 40.5. The van der Waals surface area contributed by atoms with Crippen LogP contribution in [-0.2, 0) is 0 Å². The van der Waals surface area contributed by atoms with Crippen LogP contribution in [0.1, 0.15) is 33.1 Å². The summed E-state index contributed by atoms with van der Waals surface area (Å²) >= 11 is 0. The molecule has 3 N–H and O–H groups in total. The number of aromatic nitrogens is 4. The monoisotopic (exact) mass is 563 g/mol. The van der Waals surface area contributed by atoms with E-state index in [9.17, 15) is 18.4 Å².